The van der Waals surface area contributed by atoms with E-state index in [1.165, 1.54) is 17.0 Å². The third-order valence-corrected chi connectivity index (χ3v) is 4.71. The van der Waals surface area contributed by atoms with Crippen LogP contribution < -0.4 is 10.6 Å². The maximum absolute atomic E-state index is 10.7. The molecule has 0 saturated carbocycles. The smallest absolute Gasteiger partial charge is 0.180 e. The van der Waals surface area contributed by atoms with Crippen LogP contribution in [0.5, 0.6) is 0 Å². The second-order valence-corrected chi connectivity index (χ2v) is 5.98. The van der Waals surface area contributed by atoms with Gasteiger partial charge in [-0.15, -0.1) is 0 Å². The van der Waals surface area contributed by atoms with Gasteiger partial charge in [0.15, 0.2) is 5.13 Å². The molecule has 1 aliphatic rings. The standard InChI is InChI=1S/C14H17N3OS/c15-13-16-10-12(19-13)14(18)6-8-17(9-7-14)11-4-2-1-3-5-11/h1-5,10,18H,6-9H2,(H2,15,16). The van der Waals surface area contributed by atoms with Crippen LogP contribution in [-0.2, 0) is 5.60 Å². The second kappa shape index (κ2) is 4.83. The van der Waals surface area contributed by atoms with Crippen LogP contribution in [0.15, 0.2) is 36.5 Å². The molecular formula is C14H17N3OS. The van der Waals surface area contributed by atoms with Gasteiger partial charge in [0.05, 0.1) is 4.88 Å². The molecule has 0 atom stereocenters. The summed E-state index contributed by atoms with van der Waals surface area (Å²) in [7, 11) is 0. The van der Waals surface area contributed by atoms with Crippen molar-refractivity contribution in [2.45, 2.75) is 18.4 Å². The normalized spacial score (nSPS) is 18.5. The zero-order chi connectivity index (χ0) is 13.3. The Morgan fingerprint density at radius 3 is 2.47 bits per heavy atom. The Hall–Kier alpha value is -1.59. The molecular weight excluding hydrogens is 258 g/mol. The minimum absolute atomic E-state index is 0.522. The van der Waals surface area contributed by atoms with Gasteiger partial charge in [0.2, 0.25) is 0 Å². The number of hydrogen-bond acceptors (Lipinski definition) is 5. The number of piperidine rings is 1. The Morgan fingerprint density at radius 1 is 1.21 bits per heavy atom. The number of aromatic nitrogens is 1. The van der Waals surface area contributed by atoms with Crippen LogP contribution in [0.3, 0.4) is 0 Å². The molecule has 0 aliphatic carbocycles. The quantitative estimate of drug-likeness (QED) is 0.882. The highest BCUT2D eigenvalue weighted by molar-refractivity contribution is 7.15. The molecule has 19 heavy (non-hydrogen) atoms. The molecule has 3 N–H and O–H groups in total. The van der Waals surface area contributed by atoms with Crippen LogP contribution in [-0.4, -0.2) is 23.2 Å². The second-order valence-electron chi connectivity index (χ2n) is 4.92. The summed E-state index contributed by atoms with van der Waals surface area (Å²) in [4.78, 5) is 7.23. The van der Waals surface area contributed by atoms with Crippen molar-refractivity contribution < 1.29 is 5.11 Å². The first kappa shape index (κ1) is 12.4. The van der Waals surface area contributed by atoms with Crippen LogP contribution in [0.2, 0.25) is 0 Å². The molecule has 1 saturated heterocycles. The lowest BCUT2D eigenvalue weighted by atomic mass is 9.90. The van der Waals surface area contributed by atoms with Gasteiger partial charge in [-0.2, -0.15) is 0 Å². The molecule has 2 heterocycles. The maximum Gasteiger partial charge on any atom is 0.180 e. The molecule has 0 radical (unpaired) electrons. The van der Waals surface area contributed by atoms with Gasteiger partial charge in [-0.1, -0.05) is 29.5 Å². The number of nitrogens with two attached hydrogens (primary N) is 1. The topological polar surface area (TPSA) is 62.4 Å². The Kier molecular flexibility index (Phi) is 3.16. The summed E-state index contributed by atoms with van der Waals surface area (Å²) in [5, 5.41) is 11.2. The van der Waals surface area contributed by atoms with Crippen molar-refractivity contribution >= 4 is 22.2 Å². The molecule has 100 valence electrons. The van der Waals surface area contributed by atoms with E-state index in [-0.39, 0.29) is 0 Å². The summed E-state index contributed by atoms with van der Waals surface area (Å²) in [6.45, 7) is 1.69. The van der Waals surface area contributed by atoms with Crippen molar-refractivity contribution in [2.75, 3.05) is 23.7 Å². The minimum atomic E-state index is -0.763. The van der Waals surface area contributed by atoms with Gasteiger partial charge in [-0.25, -0.2) is 4.98 Å². The lowest BCUT2D eigenvalue weighted by molar-refractivity contribution is 0.0151. The molecule has 0 unspecified atom stereocenters. The van der Waals surface area contributed by atoms with E-state index in [0.717, 1.165) is 18.0 Å². The molecule has 1 aromatic carbocycles. The van der Waals surface area contributed by atoms with E-state index >= 15 is 0 Å². The fourth-order valence-corrected chi connectivity index (χ4v) is 3.35. The molecule has 1 fully saturated rings. The summed E-state index contributed by atoms with van der Waals surface area (Å²) >= 11 is 1.39. The van der Waals surface area contributed by atoms with Crippen molar-refractivity contribution in [2.24, 2.45) is 0 Å². The third-order valence-electron chi connectivity index (χ3n) is 3.69. The Labute approximate surface area is 116 Å². The van der Waals surface area contributed by atoms with Gasteiger partial charge in [-0.05, 0) is 25.0 Å². The first-order valence-corrected chi connectivity index (χ1v) is 7.23. The van der Waals surface area contributed by atoms with Crippen LogP contribution in [0, 0.1) is 0 Å². The highest BCUT2D eigenvalue weighted by atomic mass is 32.1. The Balaban J connectivity index is 1.72. The number of para-hydroxylation sites is 1. The first-order chi connectivity index (χ1) is 9.17. The molecule has 1 aromatic heterocycles. The van der Waals surface area contributed by atoms with Crippen molar-refractivity contribution in [3.05, 3.63) is 41.4 Å². The zero-order valence-corrected chi connectivity index (χ0v) is 11.4. The van der Waals surface area contributed by atoms with E-state index < -0.39 is 5.60 Å². The van der Waals surface area contributed by atoms with E-state index in [1.807, 2.05) is 18.2 Å². The Bertz CT molecular complexity index is 547. The molecule has 3 rings (SSSR count). The van der Waals surface area contributed by atoms with Crippen molar-refractivity contribution in [3.63, 3.8) is 0 Å². The van der Waals surface area contributed by atoms with Crippen LogP contribution in [0.1, 0.15) is 17.7 Å². The van der Waals surface area contributed by atoms with Crippen LogP contribution >= 0.6 is 11.3 Å². The van der Waals surface area contributed by atoms with Crippen molar-refractivity contribution in [3.8, 4) is 0 Å². The zero-order valence-electron chi connectivity index (χ0n) is 10.6. The summed E-state index contributed by atoms with van der Waals surface area (Å²) in [5.41, 5.74) is 6.10. The highest BCUT2D eigenvalue weighted by Gasteiger charge is 2.35. The third kappa shape index (κ3) is 2.43. The van der Waals surface area contributed by atoms with Gasteiger partial charge >= 0.3 is 0 Å². The Morgan fingerprint density at radius 2 is 1.89 bits per heavy atom. The monoisotopic (exact) mass is 275 g/mol. The number of benzene rings is 1. The number of hydrogen-bond donors (Lipinski definition) is 2. The summed E-state index contributed by atoms with van der Waals surface area (Å²) in [5.74, 6) is 0. The first-order valence-electron chi connectivity index (χ1n) is 6.41. The highest BCUT2D eigenvalue weighted by Crippen LogP contribution is 2.37. The summed E-state index contributed by atoms with van der Waals surface area (Å²) < 4.78 is 0. The maximum atomic E-state index is 10.7. The largest absolute Gasteiger partial charge is 0.384 e. The number of aliphatic hydroxyl groups is 1. The number of thiazole rings is 1. The van der Waals surface area contributed by atoms with Gasteiger partial charge in [-0.3, -0.25) is 0 Å². The number of anilines is 2. The lowest BCUT2D eigenvalue weighted by Gasteiger charge is -2.38. The van der Waals surface area contributed by atoms with E-state index in [1.54, 1.807) is 6.20 Å². The molecule has 2 aromatic rings. The molecule has 0 spiro atoms. The number of nitrogen functional groups attached to an aromatic ring is 1. The van der Waals surface area contributed by atoms with E-state index in [9.17, 15) is 5.11 Å². The number of rotatable bonds is 2. The van der Waals surface area contributed by atoms with E-state index in [0.29, 0.717) is 18.0 Å². The van der Waals surface area contributed by atoms with Crippen molar-refractivity contribution in [1.29, 1.82) is 0 Å². The summed E-state index contributed by atoms with van der Waals surface area (Å²) in [6.07, 6.45) is 3.13. The van der Waals surface area contributed by atoms with Crippen LogP contribution in [0.4, 0.5) is 10.8 Å². The van der Waals surface area contributed by atoms with Crippen molar-refractivity contribution in [1.82, 2.24) is 4.98 Å². The fourth-order valence-electron chi connectivity index (χ4n) is 2.52. The van der Waals surface area contributed by atoms with E-state index in [2.05, 4.69) is 22.0 Å². The molecule has 4 nitrogen and oxygen atoms in total. The predicted octanol–water partition coefficient (Wildman–Crippen LogP) is 2.21. The van der Waals surface area contributed by atoms with Gasteiger partial charge in [0.1, 0.15) is 5.60 Å². The average molecular weight is 275 g/mol. The van der Waals surface area contributed by atoms with Gasteiger partial charge in [0.25, 0.3) is 0 Å². The molecule has 0 amide bonds. The van der Waals surface area contributed by atoms with Gasteiger partial charge in [0, 0.05) is 25.0 Å². The fraction of sp³-hybridized carbons (Fsp3) is 0.357. The lowest BCUT2D eigenvalue weighted by Crippen LogP contribution is -2.42. The SMILES string of the molecule is Nc1ncc(C2(O)CCN(c3ccccc3)CC2)s1. The van der Waals surface area contributed by atoms with Gasteiger partial charge < -0.3 is 15.7 Å². The summed E-state index contributed by atoms with van der Waals surface area (Å²) in [6, 6.07) is 10.3. The van der Waals surface area contributed by atoms with E-state index in [4.69, 9.17) is 5.73 Å². The number of nitrogens with zero attached hydrogens (tertiary/aromatic N) is 2. The van der Waals surface area contributed by atoms with Crippen LogP contribution in [0.25, 0.3) is 0 Å². The molecule has 5 heteroatoms. The minimum Gasteiger partial charge on any atom is -0.384 e. The predicted molar refractivity (Wildman–Crippen MR) is 78.3 cm³/mol. The molecule has 0 bridgehead atoms. The average Bonchev–Trinajstić information content (AvgIpc) is 2.88. The molecule has 1 aliphatic heterocycles.